The summed E-state index contributed by atoms with van der Waals surface area (Å²) in [6.07, 6.45) is 0. The fourth-order valence-corrected chi connectivity index (χ4v) is 12.9. The summed E-state index contributed by atoms with van der Waals surface area (Å²) >= 11 is 0. The Bertz CT molecular complexity index is 4620. The summed E-state index contributed by atoms with van der Waals surface area (Å²) in [5.74, 6) is 1.73. The van der Waals surface area contributed by atoms with Gasteiger partial charge in [0.1, 0.15) is 11.5 Å². The molecule has 0 unspecified atom stereocenters. The zero-order valence-corrected chi connectivity index (χ0v) is 43.9. The van der Waals surface area contributed by atoms with E-state index in [0.717, 1.165) is 118 Å². The van der Waals surface area contributed by atoms with E-state index >= 15 is 0 Å². The summed E-state index contributed by atoms with van der Waals surface area (Å²) in [4.78, 5) is 7.19. The minimum Gasteiger partial charge on any atom is -0.458 e. The maximum absolute atomic E-state index is 7.29. The van der Waals surface area contributed by atoms with Gasteiger partial charge in [-0.15, -0.1) is 0 Å². The van der Waals surface area contributed by atoms with Crippen molar-refractivity contribution >= 4 is 118 Å². The third-order valence-corrected chi connectivity index (χ3v) is 16.4. The minimum atomic E-state index is -0.178. The van der Waals surface area contributed by atoms with Crippen LogP contribution in [0.2, 0.25) is 0 Å². The first kappa shape index (κ1) is 45.7. The van der Waals surface area contributed by atoms with E-state index in [1.54, 1.807) is 0 Å². The van der Waals surface area contributed by atoms with Crippen molar-refractivity contribution in [1.82, 2.24) is 9.13 Å². The average Bonchev–Trinajstić information content (AvgIpc) is 3.49. The predicted molar refractivity (Wildman–Crippen MR) is 335 cm³/mol. The Morgan fingerprint density at radius 1 is 0.312 bits per heavy atom. The molecule has 0 amide bonds. The highest BCUT2D eigenvalue weighted by Gasteiger charge is 2.43. The first-order chi connectivity index (χ1) is 39.6. The number of para-hydroxylation sites is 7. The average molecular weight is 1020 g/mol. The topological polar surface area (TPSA) is 28.8 Å². The fourth-order valence-electron chi connectivity index (χ4n) is 12.9. The Labute approximate surface area is 464 Å². The molecule has 0 radical (unpaired) electrons. The highest BCUT2D eigenvalue weighted by Crippen LogP contribution is 2.47. The number of ether oxygens (including phenoxy) is 1. The number of aryl methyl sites for hydroxylation is 1. The molecule has 0 bridgehead atoms. The van der Waals surface area contributed by atoms with Crippen LogP contribution in [-0.4, -0.2) is 15.8 Å². The molecule has 7 heteroatoms. The standard InChI is InChI=1S/C73H50BN5O/c1-49-23-20-21-36-64(49)79-65-37-22-38-71-73(65)74(62-47-68-60(45-70(62)79)58-41-39-56(43-66(58)77(68)54-32-16-6-17-33-54)75(50-24-8-2-9-25-50)51-26-10-3-11-27-51)63-48-69-61(46-72(63)80-71)59-42-40-57(44-67(59)78(69)55-34-18-7-19-35-55)76(52-28-12-4-13-29-52)53-30-14-5-15-31-53/h2-48H,1H3. The van der Waals surface area contributed by atoms with Gasteiger partial charge in [-0.25, -0.2) is 0 Å². The fraction of sp³-hybridized carbons (Fsp3) is 0.0137. The third-order valence-electron chi connectivity index (χ3n) is 16.4. The first-order valence-electron chi connectivity index (χ1n) is 27.4. The van der Waals surface area contributed by atoms with Crippen molar-refractivity contribution in [1.29, 1.82) is 0 Å². The van der Waals surface area contributed by atoms with E-state index < -0.39 is 0 Å². The number of hydrogen-bond donors (Lipinski definition) is 0. The van der Waals surface area contributed by atoms with Gasteiger partial charge in [-0.2, -0.15) is 0 Å². The number of benzene rings is 12. The lowest BCUT2D eigenvalue weighted by molar-refractivity contribution is 0.488. The summed E-state index contributed by atoms with van der Waals surface area (Å²) in [6.45, 7) is 2.04. The molecule has 6 nitrogen and oxygen atoms in total. The number of aromatic nitrogens is 2. The minimum absolute atomic E-state index is 0.178. The smallest absolute Gasteiger partial charge is 0.256 e. The summed E-state index contributed by atoms with van der Waals surface area (Å²) in [6, 6.07) is 103. The van der Waals surface area contributed by atoms with Crippen LogP contribution in [-0.2, 0) is 0 Å². The second-order valence-corrected chi connectivity index (χ2v) is 20.9. The van der Waals surface area contributed by atoms with Gasteiger partial charge in [-0.1, -0.05) is 146 Å². The Hall–Kier alpha value is -10.5. The number of hydrogen-bond acceptors (Lipinski definition) is 4. The molecule has 0 saturated carbocycles. The van der Waals surface area contributed by atoms with Gasteiger partial charge in [0.2, 0.25) is 0 Å². The molecule has 0 fully saturated rings. The first-order valence-corrected chi connectivity index (χ1v) is 27.4. The normalized spacial score (nSPS) is 12.4. The van der Waals surface area contributed by atoms with Crippen LogP contribution in [0.4, 0.5) is 51.2 Å². The molecule has 0 spiro atoms. The van der Waals surface area contributed by atoms with E-state index in [1.807, 2.05) is 0 Å². The number of anilines is 9. The lowest BCUT2D eigenvalue weighted by atomic mass is 9.34. The Morgan fingerprint density at radius 2 is 0.738 bits per heavy atom. The molecule has 0 N–H and O–H groups in total. The van der Waals surface area contributed by atoms with Crippen LogP contribution in [0.3, 0.4) is 0 Å². The quantitative estimate of drug-likeness (QED) is 0.135. The van der Waals surface area contributed by atoms with Crippen molar-refractivity contribution in [2.24, 2.45) is 0 Å². The number of nitrogens with zero attached hydrogens (tertiary/aromatic N) is 5. The molecule has 0 aliphatic carbocycles. The Kier molecular flexibility index (Phi) is 10.5. The number of fused-ring (bicyclic) bond motifs is 10. The van der Waals surface area contributed by atoms with Gasteiger partial charge in [0.05, 0.1) is 22.1 Å². The molecule has 4 heterocycles. The third kappa shape index (κ3) is 7.14. The molecule has 2 aliphatic heterocycles. The van der Waals surface area contributed by atoms with Crippen LogP contribution in [0.5, 0.6) is 11.5 Å². The van der Waals surface area contributed by atoms with Gasteiger partial charge < -0.3 is 28.6 Å². The molecular formula is C73H50BN5O. The zero-order chi connectivity index (χ0) is 52.8. The molecule has 2 aliphatic rings. The maximum Gasteiger partial charge on any atom is 0.256 e. The van der Waals surface area contributed by atoms with Gasteiger partial charge in [0, 0.05) is 84.1 Å². The largest absolute Gasteiger partial charge is 0.458 e. The van der Waals surface area contributed by atoms with Gasteiger partial charge in [-0.05, 0) is 168 Å². The lowest BCUT2D eigenvalue weighted by Crippen LogP contribution is -2.59. The van der Waals surface area contributed by atoms with Crippen LogP contribution < -0.4 is 35.8 Å². The summed E-state index contributed by atoms with van der Waals surface area (Å²) in [5.41, 5.74) is 21.3. The summed E-state index contributed by atoms with van der Waals surface area (Å²) < 4.78 is 12.2. The molecule has 2 aromatic heterocycles. The van der Waals surface area contributed by atoms with Crippen molar-refractivity contribution in [3.05, 3.63) is 291 Å². The molecule has 80 heavy (non-hydrogen) atoms. The van der Waals surface area contributed by atoms with E-state index in [-0.39, 0.29) is 6.71 Å². The summed E-state index contributed by atoms with van der Waals surface area (Å²) in [7, 11) is 0. The molecular weight excluding hydrogens is 974 g/mol. The monoisotopic (exact) mass is 1020 g/mol. The Morgan fingerprint density at radius 3 is 1.24 bits per heavy atom. The lowest BCUT2D eigenvalue weighted by Gasteiger charge is -2.40. The van der Waals surface area contributed by atoms with Crippen molar-refractivity contribution in [3.63, 3.8) is 0 Å². The van der Waals surface area contributed by atoms with Gasteiger partial charge in [0.25, 0.3) is 6.71 Å². The number of rotatable bonds is 9. The van der Waals surface area contributed by atoms with Crippen LogP contribution in [0.15, 0.2) is 285 Å². The second-order valence-electron chi connectivity index (χ2n) is 20.9. The molecule has 12 aromatic carbocycles. The van der Waals surface area contributed by atoms with Gasteiger partial charge in [-0.3, -0.25) is 0 Å². The van der Waals surface area contributed by atoms with Gasteiger partial charge in [0.15, 0.2) is 0 Å². The molecule has 16 rings (SSSR count). The highest BCUT2D eigenvalue weighted by atomic mass is 16.5. The van der Waals surface area contributed by atoms with E-state index in [1.165, 1.54) is 21.8 Å². The second kappa shape index (κ2) is 18.3. The van der Waals surface area contributed by atoms with Gasteiger partial charge >= 0.3 is 0 Å². The van der Waals surface area contributed by atoms with Crippen LogP contribution >= 0.6 is 0 Å². The maximum atomic E-state index is 7.29. The van der Waals surface area contributed by atoms with Crippen molar-refractivity contribution in [3.8, 4) is 22.9 Å². The molecule has 0 saturated heterocycles. The zero-order valence-electron chi connectivity index (χ0n) is 43.9. The highest BCUT2D eigenvalue weighted by molar-refractivity contribution is 6.99. The SMILES string of the molecule is Cc1ccccc1N1c2cc3c4ccc(N(c5ccccc5)c5ccccc5)cc4n(-c4ccccc4)c3cc2B2c3cc4c(cc3Oc3cccc1c32)c1ccc(N(c2ccccc2)c2ccccc2)cc1n4-c1ccccc1. The summed E-state index contributed by atoms with van der Waals surface area (Å²) in [5, 5.41) is 4.65. The van der Waals surface area contributed by atoms with Crippen molar-refractivity contribution in [2.75, 3.05) is 14.7 Å². The van der Waals surface area contributed by atoms with Crippen molar-refractivity contribution < 1.29 is 4.74 Å². The van der Waals surface area contributed by atoms with E-state index in [4.69, 9.17) is 4.74 Å². The van der Waals surface area contributed by atoms with Crippen LogP contribution in [0.25, 0.3) is 55.0 Å². The molecule has 376 valence electrons. The molecule has 0 atom stereocenters. The Balaban J connectivity index is 0.969. The van der Waals surface area contributed by atoms with E-state index in [9.17, 15) is 0 Å². The van der Waals surface area contributed by atoms with Crippen molar-refractivity contribution in [2.45, 2.75) is 6.92 Å². The van der Waals surface area contributed by atoms with E-state index in [2.05, 4.69) is 316 Å². The molecule has 14 aromatic rings. The predicted octanol–water partition coefficient (Wildman–Crippen LogP) is 17.5. The van der Waals surface area contributed by atoms with E-state index in [0.29, 0.717) is 0 Å². The van der Waals surface area contributed by atoms with Crippen LogP contribution in [0.1, 0.15) is 5.56 Å². The van der Waals surface area contributed by atoms with Crippen LogP contribution in [0, 0.1) is 6.92 Å².